The molecule has 0 atom stereocenters. The number of nitrogens with zero attached hydrogens (tertiary/aromatic N) is 3. The molecular weight excluding hydrogens is 410 g/mol. The molecule has 2 aromatic carbocycles. The van der Waals surface area contributed by atoms with Crippen LogP contribution in [-0.2, 0) is 6.54 Å². The predicted molar refractivity (Wildman–Crippen MR) is 125 cm³/mol. The Kier molecular flexibility index (Phi) is 5.45. The molecule has 0 spiro atoms. The molecule has 3 heterocycles. The highest BCUT2D eigenvalue weighted by Gasteiger charge is 2.19. The smallest absolute Gasteiger partial charge is 0.336 e. The number of fused-ring (bicyclic) bond motifs is 1. The zero-order valence-electron chi connectivity index (χ0n) is 17.0. The van der Waals surface area contributed by atoms with Crippen LogP contribution in [0.3, 0.4) is 0 Å². The lowest BCUT2D eigenvalue weighted by molar-refractivity contribution is 0.250. The first-order valence-corrected chi connectivity index (χ1v) is 10.7. The van der Waals surface area contributed by atoms with E-state index in [1.807, 2.05) is 24.3 Å². The van der Waals surface area contributed by atoms with E-state index in [0.29, 0.717) is 10.6 Å². The summed E-state index contributed by atoms with van der Waals surface area (Å²) in [6.07, 6.45) is 3.47. The largest absolute Gasteiger partial charge is 0.423 e. The fraction of sp³-hybridized carbons (Fsp3) is 0.200. The summed E-state index contributed by atoms with van der Waals surface area (Å²) >= 11 is 6.59. The number of piperazine rings is 1. The van der Waals surface area contributed by atoms with Crippen molar-refractivity contribution in [3.63, 3.8) is 0 Å². The first kappa shape index (κ1) is 19.8. The second-order valence-electron chi connectivity index (χ2n) is 7.76. The minimum absolute atomic E-state index is 0.396. The Bertz CT molecular complexity index is 1250. The van der Waals surface area contributed by atoms with E-state index in [1.165, 1.54) is 11.8 Å². The summed E-state index contributed by atoms with van der Waals surface area (Å²) in [7, 11) is 0. The molecule has 1 aliphatic rings. The molecule has 156 valence electrons. The molecule has 5 nitrogen and oxygen atoms in total. The summed E-state index contributed by atoms with van der Waals surface area (Å²) < 4.78 is 5.43. The highest BCUT2D eigenvalue weighted by atomic mass is 35.5. The van der Waals surface area contributed by atoms with Crippen molar-refractivity contribution in [3.05, 3.63) is 94.1 Å². The van der Waals surface area contributed by atoms with Crippen molar-refractivity contribution in [2.75, 3.05) is 31.1 Å². The van der Waals surface area contributed by atoms with E-state index in [1.54, 1.807) is 18.5 Å². The van der Waals surface area contributed by atoms with Gasteiger partial charge in [0.2, 0.25) is 0 Å². The van der Waals surface area contributed by atoms with Crippen LogP contribution in [0.1, 0.15) is 5.56 Å². The monoisotopic (exact) mass is 431 g/mol. The van der Waals surface area contributed by atoms with Crippen LogP contribution in [0.2, 0.25) is 5.02 Å². The zero-order chi connectivity index (χ0) is 21.2. The van der Waals surface area contributed by atoms with Crippen molar-refractivity contribution in [2.24, 2.45) is 0 Å². The van der Waals surface area contributed by atoms with E-state index < -0.39 is 5.63 Å². The van der Waals surface area contributed by atoms with Crippen molar-refractivity contribution in [1.29, 1.82) is 0 Å². The van der Waals surface area contributed by atoms with Crippen LogP contribution in [0, 0.1) is 0 Å². The second-order valence-corrected chi connectivity index (χ2v) is 8.17. The Labute approximate surface area is 185 Å². The summed E-state index contributed by atoms with van der Waals surface area (Å²) in [4.78, 5) is 21.1. The molecular formula is C25H22ClN3O2. The van der Waals surface area contributed by atoms with Gasteiger partial charge in [-0.3, -0.25) is 9.88 Å². The Balaban J connectivity index is 1.41. The van der Waals surface area contributed by atoms with Gasteiger partial charge in [-0.15, -0.1) is 0 Å². The van der Waals surface area contributed by atoms with Crippen molar-refractivity contribution < 1.29 is 4.42 Å². The molecule has 6 heteroatoms. The molecule has 4 aromatic rings. The maximum Gasteiger partial charge on any atom is 0.336 e. The first-order chi connectivity index (χ1) is 15.2. The van der Waals surface area contributed by atoms with Gasteiger partial charge in [0.05, 0.1) is 0 Å². The number of aromatic nitrogens is 1. The lowest BCUT2D eigenvalue weighted by Crippen LogP contribution is -2.46. The van der Waals surface area contributed by atoms with Gasteiger partial charge < -0.3 is 9.32 Å². The quantitative estimate of drug-likeness (QED) is 0.433. The minimum Gasteiger partial charge on any atom is -0.423 e. The average Bonchev–Trinajstić information content (AvgIpc) is 2.81. The zero-order valence-corrected chi connectivity index (χ0v) is 17.8. The third-order valence-corrected chi connectivity index (χ3v) is 6.12. The molecule has 5 rings (SSSR count). The minimum atomic E-state index is -0.396. The Morgan fingerprint density at radius 1 is 0.968 bits per heavy atom. The number of rotatable bonds is 4. The number of benzene rings is 2. The molecule has 0 amide bonds. The van der Waals surface area contributed by atoms with Gasteiger partial charge in [-0.2, -0.15) is 0 Å². The highest BCUT2D eigenvalue weighted by Crippen LogP contribution is 2.31. The van der Waals surface area contributed by atoms with Crippen LogP contribution >= 0.6 is 11.6 Å². The first-order valence-electron chi connectivity index (χ1n) is 10.4. The fourth-order valence-electron chi connectivity index (χ4n) is 4.15. The standard InChI is InChI=1S/C25H22ClN3O2/c26-23-15-24-22(21(14-25(30)31-24)18-5-4-8-27-16-18)13-19(23)17-28-9-11-29(12-10-28)20-6-2-1-3-7-20/h1-8,13-16H,9-12,17H2. The van der Waals surface area contributed by atoms with Crippen molar-refractivity contribution >= 4 is 28.3 Å². The molecule has 31 heavy (non-hydrogen) atoms. The number of pyridine rings is 1. The molecule has 0 bridgehead atoms. The van der Waals surface area contributed by atoms with Crippen LogP contribution in [0.25, 0.3) is 22.1 Å². The summed E-state index contributed by atoms with van der Waals surface area (Å²) in [5.41, 5.74) is 4.08. The molecule has 2 aromatic heterocycles. The molecule has 0 aliphatic carbocycles. The van der Waals surface area contributed by atoms with Gasteiger partial charge in [0.1, 0.15) is 5.58 Å². The fourth-order valence-corrected chi connectivity index (χ4v) is 4.37. The number of halogens is 1. The summed E-state index contributed by atoms with van der Waals surface area (Å²) in [6, 6.07) is 19.6. The van der Waals surface area contributed by atoms with Crippen molar-refractivity contribution in [3.8, 4) is 11.1 Å². The molecule has 1 saturated heterocycles. The van der Waals surface area contributed by atoms with E-state index in [4.69, 9.17) is 16.0 Å². The molecule has 0 saturated carbocycles. The van der Waals surface area contributed by atoms with E-state index in [-0.39, 0.29) is 0 Å². The van der Waals surface area contributed by atoms with Gasteiger partial charge in [0.15, 0.2) is 0 Å². The van der Waals surface area contributed by atoms with Crippen molar-refractivity contribution in [2.45, 2.75) is 6.54 Å². The van der Waals surface area contributed by atoms with Gasteiger partial charge in [0, 0.05) is 84.5 Å². The number of anilines is 1. The number of para-hydroxylation sites is 1. The topological polar surface area (TPSA) is 49.6 Å². The normalized spacial score (nSPS) is 14.8. The Morgan fingerprint density at radius 3 is 2.52 bits per heavy atom. The number of hydrogen-bond acceptors (Lipinski definition) is 5. The van der Waals surface area contributed by atoms with Gasteiger partial charge in [-0.05, 0) is 29.8 Å². The second kappa shape index (κ2) is 8.53. The van der Waals surface area contributed by atoms with E-state index >= 15 is 0 Å². The van der Waals surface area contributed by atoms with Crippen LogP contribution in [0.4, 0.5) is 5.69 Å². The van der Waals surface area contributed by atoms with Crippen LogP contribution in [-0.4, -0.2) is 36.1 Å². The average molecular weight is 432 g/mol. The van der Waals surface area contributed by atoms with Crippen LogP contribution < -0.4 is 10.5 Å². The number of hydrogen-bond donors (Lipinski definition) is 0. The maximum atomic E-state index is 12.1. The molecule has 1 aliphatic heterocycles. The SMILES string of the molecule is O=c1cc(-c2cccnc2)c2cc(CN3CCN(c4ccccc4)CC3)c(Cl)cc2o1. The van der Waals surface area contributed by atoms with Gasteiger partial charge in [-0.25, -0.2) is 4.79 Å². The third kappa shape index (κ3) is 4.20. The predicted octanol–water partition coefficient (Wildman–Crippen LogP) is 4.83. The van der Waals surface area contributed by atoms with Crippen molar-refractivity contribution in [1.82, 2.24) is 9.88 Å². The summed E-state index contributed by atoms with van der Waals surface area (Å²) in [5, 5.41) is 1.49. The van der Waals surface area contributed by atoms with E-state index in [0.717, 1.165) is 54.8 Å². The van der Waals surface area contributed by atoms with E-state index in [2.05, 4.69) is 39.0 Å². The van der Waals surface area contributed by atoms with Crippen LogP contribution in [0.5, 0.6) is 0 Å². The van der Waals surface area contributed by atoms with Gasteiger partial charge in [0.25, 0.3) is 0 Å². The van der Waals surface area contributed by atoms with Crippen LogP contribution in [0.15, 0.2) is 82.3 Å². The maximum absolute atomic E-state index is 12.1. The van der Waals surface area contributed by atoms with Gasteiger partial charge in [-0.1, -0.05) is 35.9 Å². The Hall–Kier alpha value is -3.15. The lowest BCUT2D eigenvalue weighted by atomic mass is 10.0. The summed E-state index contributed by atoms with van der Waals surface area (Å²) in [6.45, 7) is 4.63. The third-order valence-electron chi connectivity index (χ3n) is 5.77. The van der Waals surface area contributed by atoms with E-state index in [9.17, 15) is 4.79 Å². The molecule has 0 N–H and O–H groups in total. The summed E-state index contributed by atoms with van der Waals surface area (Å²) in [5.74, 6) is 0. The molecule has 0 radical (unpaired) electrons. The van der Waals surface area contributed by atoms with Gasteiger partial charge >= 0.3 is 5.63 Å². The lowest BCUT2D eigenvalue weighted by Gasteiger charge is -2.36. The Morgan fingerprint density at radius 2 is 1.77 bits per heavy atom. The molecule has 0 unspecified atom stereocenters. The highest BCUT2D eigenvalue weighted by molar-refractivity contribution is 6.32. The molecule has 1 fully saturated rings.